The summed E-state index contributed by atoms with van der Waals surface area (Å²) in [6, 6.07) is 8.30. The third-order valence-corrected chi connectivity index (χ3v) is 4.10. The molecule has 0 fully saturated rings. The highest BCUT2D eigenvalue weighted by Crippen LogP contribution is 2.29. The van der Waals surface area contributed by atoms with Gasteiger partial charge in [-0.2, -0.15) is 0 Å². The van der Waals surface area contributed by atoms with Crippen LogP contribution < -0.4 is 0 Å². The van der Waals surface area contributed by atoms with E-state index < -0.39 is 11.0 Å². The van der Waals surface area contributed by atoms with Crippen molar-refractivity contribution in [2.45, 2.75) is 12.5 Å². The maximum Gasteiger partial charge on any atom is 0.272 e. The van der Waals surface area contributed by atoms with Gasteiger partial charge in [0, 0.05) is 18.1 Å². The number of nitro benzene ring substituents is 1. The van der Waals surface area contributed by atoms with Gasteiger partial charge in [-0.1, -0.05) is 18.2 Å². The lowest BCUT2D eigenvalue weighted by atomic mass is 10.0. The largest absolute Gasteiger partial charge is 0.388 e. The zero-order chi connectivity index (χ0) is 13.1. The summed E-state index contributed by atoms with van der Waals surface area (Å²) < 4.78 is 0.930. The molecule has 0 radical (unpaired) electrons. The predicted molar refractivity (Wildman–Crippen MR) is 73.8 cm³/mol. The van der Waals surface area contributed by atoms with Gasteiger partial charge in [-0.15, -0.1) is 11.3 Å². The molecule has 0 amide bonds. The van der Waals surface area contributed by atoms with Gasteiger partial charge in [0.25, 0.3) is 5.69 Å². The maximum atomic E-state index is 10.9. The van der Waals surface area contributed by atoms with Crippen molar-refractivity contribution >= 4 is 33.0 Å². The molecule has 1 aromatic carbocycles. The van der Waals surface area contributed by atoms with Crippen LogP contribution in [-0.2, 0) is 6.42 Å². The minimum absolute atomic E-state index is 0.0471. The van der Waals surface area contributed by atoms with E-state index in [1.54, 1.807) is 18.2 Å². The van der Waals surface area contributed by atoms with E-state index in [1.165, 1.54) is 17.4 Å². The fourth-order valence-electron chi connectivity index (χ4n) is 1.69. The number of nitro groups is 1. The number of aliphatic hydroxyl groups excluding tert-OH is 1. The first-order chi connectivity index (χ1) is 8.58. The summed E-state index contributed by atoms with van der Waals surface area (Å²) in [5, 5.41) is 22.8. The predicted octanol–water partition coefficient (Wildman–Crippen LogP) is 3.69. The van der Waals surface area contributed by atoms with Gasteiger partial charge in [-0.05, 0) is 32.9 Å². The van der Waals surface area contributed by atoms with Crippen molar-refractivity contribution in [2.24, 2.45) is 0 Å². The Morgan fingerprint density at radius 1 is 1.44 bits per heavy atom. The lowest BCUT2D eigenvalue weighted by Crippen LogP contribution is -2.03. The van der Waals surface area contributed by atoms with E-state index in [9.17, 15) is 15.2 Å². The number of para-hydroxylation sites is 1. The summed E-state index contributed by atoms with van der Waals surface area (Å²) in [5.41, 5.74) is 1.35. The van der Waals surface area contributed by atoms with Gasteiger partial charge in [-0.25, -0.2) is 0 Å². The van der Waals surface area contributed by atoms with E-state index in [0.29, 0.717) is 5.56 Å². The Labute approximate surface area is 116 Å². The standard InChI is InChI=1S/C12H10BrNO3S/c13-12-6-9(7-18-12)11(15)5-8-3-1-2-4-10(8)14(16)17/h1-4,6-7,11,15H,5H2. The van der Waals surface area contributed by atoms with Gasteiger partial charge in [0.1, 0.15) is 0 Å². The smallest absolute Gasteiger partial charge is 0.272 e. The van der Waals surface area contributed by atoms with Gasteiger partial charge < -0.3 is 5.11 Å². The zero-order valence-corrected chi connectivity index (χ0v) is 11.6. The number of hydrogen-bond acceptors (Lipinski definition) is 4. The van der Waals surface area contributed by atoms with Crippen LogP contribution in [-0.4, -0.2) is 10.0 Å². The minimum atomic E-state index is -0.728. The highest BCUT2D eigenvalue weighted by Gasteiger charge is 2.17. The van der Waals surface area contributed by atoms with Gasteiger partial charge >= 0.3 is 0 Å². The van der Waals surface area contributed by atoms with E-state index >= 15 is 0 Å². The molecule has 1 unspecified atom stereocenters. The van der Waals surface area contributed by atoms with Crippen molar-refractivity contribution in [3.8, 4) is 0 Å². The summed E-state index contributed by atoms with van der Waals surface area (Å²) in [5.74, 6) is 0. The van der Waals surface area contributed by atoms with Crippen LogP contribution in [0.5, 0.6) is 0 Å². The lowest BCUT2D eigenvalue weighted by Gasteiger charge is -2.09. The van der Waals surface area contributed by atoms with Gasteiger partial charge in [-0.3, -0.25) is 10.1 Å². The van der Waals surface area contributed by atoms with Crippen molar-refractivity contribution in [3.05, 3.63) is 60.7 Å². The molecule has 18 heavy (non-hydrogen) atoms. The second-order valence-corrected chi connectivity index (χ2v) is 6.08. The topological polar surface area (TPSA) is 63.4 Å². The van der Waals surface area contributed by atoms with Crippen molar-refractivity contribution in [1.29, 1.82) is 0 Å². The Balaban J connectivity index is 2.21. The highest BCUT2D eigenvalue weighted by atomic mass is 79.9. The Morgan fingerprint density at radius 3 is 2.78 bits per heavy atom. The molecule has 6 heteroatoms. The number of thiophene rings is 1. The number of nitrogens with zero attached hydrogens (tertiary/aromatic N) is 1. The fraction of sp³-hybridized carbons (Fsp3) is 0.167. The number of benzene rings is 1. The molecule has 1 N–H and O–H groups in total. The number of rotatable bonds is 4. The van der Waals surface area contributed by atoms with E-state index in [1.807, 2.05) is 11.4 Å². The van der Waals surface area contributed by atoms with Crippen LogP contribution in [0.3, 0.4) is 0 Å². The molecule has 1 aromatic heterocycles. The van der Waals surface area contributed by atoms with Crippen LogP contribution in [0.15, 0.2) is 39.5 Å². The summed E-state index contributed by atoms with van der Waals surface area (Å²) in [6.07, 6.45) is -0.492. The van der Waals surface area contributed by atoms with Crippen molar-refractivity contribution in [1.82, 2.24) is 0 Å². The van der Waals surface area contributed by atoms with Crippen LogP contribution in [0.4, 0.5) is 5.69 Å². The van der Waals surface area contributed by atoms with E-state index in [0.717, 1.165) is 9.35 Å². The molecular weight excluding hydrogens is 318 g/mol. The zero-order valence-electron chi connectivity index (χ0n) is 9.25. The summed E-state index contributed by atoms with van der Waals surface area (Å²) in [7, 11) is 0. The Kier molecular flexibility index (Phi) is 4.11. The lowest BCUT2D eigenvalue weighted by molar-refractivity contribution is -0.385. The van der Waals surface area contributed by atoms with E-state index in [4.69, 9.17) is 0 Å². The molecule has 2 aromatic rings. The first kappa shape index (κ1) is 13.2. The molecule has 1 atom stereocenters. The van der Waals surface area contributed by atoms with Crippen LogP contribution in [0, 0.1) is 10.1 Å². The number of halogens is 1. The average Bonchev–Trinajstić information content (AvgIpc) is 2.76. The molecule has 1 heterocycles. The quantitative estimate of drug-likeness (QED) is 0.688. The second-order valence-electron chi connectivity index (χ2n) is 3.79. The highest BCUT2D eigenvalue weighted by molar-refractivity contribution is 9.11. The van der Waals surface area contributed by atoms with Crippen molar-refractivity contribution < 1.29 is 10.0 Å². The third kappa shape index (κ3) is 2.95. The summed E-state index contributed by atoms with van der Waals surface area (Å²) in [4.78, 5) is 10.4. The van der Waals surface area contributed by atoms with Crippen molar-refractivity contribution in [2.75, 3.05) is 0 Å². The average molecular weight is 328 g/mol. The summed E-state index contributed by atoms with van der Waals surface area (Å²) in [6.45, 7) is 0. The van der Waals surface area contributed by atoms with E-state index in [-0.39, 0.29) is 12.1 Å². The maximum absolute atomic E-state index is 10.9. The third-order valence-electron chi connectivity index (χ3n) is 2.57. The molecule has 0 spiro atoms. The van der Waals surface area contributed by atoms with Crippen LogP contribution in [0.25, 0.3) is 0 Å². The van der Waals surface area contributed by atoms with E-state index in [2.05, 4.69) is 15.9 Å². The molecule has 0 aliphatic carbocycles. The Morgan fingerprint density at radius 2 is 2.17 bits per heavy atom. The summed E-state index contributed by atoms with van der Waals surface area (Å²) >= 11 is 4.80. The molecule has 0 saturated carbocycles. The Bertz CT molecular complexity index is 570. The molecular formula is C12H10BrNO3S. The normalized spacial score (nSPS) is 12.3. The molecule has 0 bridgehead atoms. The molecule has 2 rings (SSSR count). The van der Waals surface area contributed by atoms with Crippen LogP contribution in [0.1, 0.15) is 17.2 Å². The minimum Gasteiger partial charge on any atom is -0.388 e. The second kappa shape index (κ2) is 5.60. The van der Waals surface area contributed by atoms with Crippen LogP contribution in [0.2, 0.25) is 0 Å². The molecule has 4 nitrogen and oxygen atoms in total. The molecule has 0 aliphatic rings. The monoisotopic (exact) mass is 327 g/mol. The van der Waals surface area contributed by atoms with Crippen LogP contribution >= 0.6 is 27.3 Å². The number of hydrogen-bond donors (Lipinski definition) is 1. The fourth-order valence-corrected chi connectivity index (χ4v) is 2.91. The Hall–Kier alpha value is -1.24. The first-order valence-corrected chi connectivity index (χ1v) is 6.89. The SMILES string of the molecule is O=[N+]([O-])c1ccccc1CC(O)c1csc(Br)c1. The van der Waals surface area contributed by atoms with Gasteiger partial charge in [0.2, 0.25) is 0 Å². The first-order valence-electron chi connectivity index (χ1n) is 5.22. The van der Waals surface area contributed by atoms with Gasteiger partial charge in [0.15, 0.2) is 0 Å². The molecule has 0 aliphatic heterocycles. The van der Waals surface area contributed by atoms with Crippen molar-refractivity contribution in [3.63, 3.8) is 0 Å². The molecule has 0 saturated heterocycles. The van der Waals surface area contributed by atoms with Gasteiger partial charge in [0.05, 0.1) is 14.8 Å². The molecule has 94 valence electrons. The number of aliphatic hydroxyl groups is 1.